The minimum atomic E-state index is -4.39. The van der Waals surface area contributed by atoms with Crippen molar-refractivity contribution >= 4 is 5.97 Å². The highest BCUT2D eigenvalue weighted by Gasteiger charge is 2.30. The molecule has 0 radical (unpaired) electrons. The van der Waals surface area contributed by atoms with Crippen molar-refractivity contribution in [1.82, 2.24) is 0 Å². The summed E-state index contributed by atoms with van der Waals surface area (Å²) in [6, 6.07) is 18.0. The molecule has 0 heterocycles. The second-order valence-corrected chi connectivity index (χ2v) is 8.71. The highest BCUT2D eigenvalue weighted by Crippen LogP contribution is 2.31. The molecular formula is C27H27F3O6. The predicted octanol–water partition coefficient (Wildman–Crippen LogP) is 6.83. The molecule has 192 valence electrons. The predicted molar refractivity (Wildman–Crippen MR) is 127 cm³/mol. The normalized spacial score (nSPS) is 12.5. The number of alkyl halides is 3. The Morgan fingerprint density at radius 1 is 0.750 bits per heavy atom. The fourth-order valence-electron chi connectivity index (χ4n) is 2.92. The summed E-state index contributed by atoms with van der Waals surface area (Å²) >= 11 is 0. The van der Waals surface area contributed by atoms with Gasteiger partial charge in [0.25, 0.3) is 0 Å². The van der Waals surface area contributed by atoms with Crippen molar-refractivity contribution in [3.05, 3.63) is 78.4 Å². The molecule has 0 saturated carbocycles. The Hall–Kier alpha value is -3.88. The third kappa shape index (κ3) is 7.83. The van der Waals surface area contributed by atoms with E-state index in [9.17, 15) is 18.0 Å². The van der Waals surface area contributed by atoms with E-state index >= 15 is 0 Å². The summed E-state index contributed by atoms with van der Waals surface area (Å²) in [4.78, 5) is 11.2. The zero-order valence-corrected chi connectivity index (χ0v) is 20.0. The lowest BCUT2D eigenvalue weighted by Crippen LogP contribution is -2.37. The third-order valence-electron chi connectivity index (χ3n) is 5.02. The maximum atomic E-state index is 12.7. The van der Waals surface area contributed by atoms with Crippen molar-refractivity contribution in [3.63, 3.8) is 0 Å². The van der Waals surface area contributed by atoms with Crippen LogP contribution >= 0.6 is 0 Å². The number of hydrogen-bond donors (Lipinski definition) is 1. The first-order valence-electron chi connectivity index (χ1n) is 11.2. The van der Waals surface area contributed by atoms with Gasteiger partial charge in [0.1, 0.15) is 28.7 Å². The molecule has 0 saturated heterocycles. The number of aliphatic carboxylic acids is 1. The summed E-state index contributed by atoms with van der Waals surface area (Å²) in [5.41, 5.74) is -2.07. The monoisotopic (exact) mass is 504 g/mol. The molecule has 0 spiro atoms. The maximum absolute atomic E-state index is 12.7. The Morgan fingerprint density at radius 3 is 1.56 bits per heavy atom. The molecule has 3 aromatic carbocycles. The fraction of sp³-hybridized carbons (Fsp3) is 0.296. The molecule has 1 N–H and O–H groups in total. The quantitative estimate of drug-likeness (QED) is 0.308. The van der Waals surface area contributed by atoms with E-state index in [0.717, 1.165) is 12.1 Å². The van der Waals surface area contributed by atoms with Crippen LogP contribution in [0.25, 0.3) is 0 Å². The first kappa shape index (κ1) is 26.7. The van der Waals surface area contributed by atoms with E-state index in [0.29, 0.717) is 42.0 Å². The third-order valence-corrected chi connectivity index (χ3v) is 5.02. The first-order valence-corrected chi connectivity index (χ1v) is 11.2. The Kier molecular flexibility index (Phi) is 8.34. The van der Waals surface area contributed by atoms with Gasteiger partial charge in [-0.1, -0.05) is 6.92 Å². The van der Waals surface area contributed by atoms with Crippen LogP contribution < -0.4 is 18.9 Å². The van der Waals surface area contributed by atoms with Crippen molar-refractivity contribution < 1.29 is 42.0 Å². The molecule has 0 fully saturated rings. The number of benzene rings is 3. The number of hydrogen-bond acceptors (Lipinski definition) is 5. The van der Waals surface area contributed by atoms with Gasteiger partial charge in [0.2, 0.25) is 0 Å². The number of ether oxygens (including phenoxy) is 4. The second-order valence-electron chi connectivity index (χ2n) is 8.71. The number of carbonyl (C=O) groups is 1. The van der Waals surface area contributed by atoms with Gasteiger partial charge in [-0.15, -0.1) is 0 Å². The van der Waals surface area contributed by atoms with Crippen LogP contribution in [0.4, 0.5) is 13.2 Å². The van der Waals surface area contributed by atoms with Gasteiger partial charge in [-0.2, -0.15) is 13.2 Å². The molecule has 3 aromatic rings. The van der Waals surface area contributed by atoms with Crippen molar-refractivity contribution in [2.45, 2.75) is 32.5 Å². The molecule has 36 heavy (non-hydrogen) atoms. The average molecular weight is 505 g/mol. The van der Waals surface area contributed by atoms with Crippen LogP contribution in [0, 0.1) is 5.92 Å². The first-order chi connectivity index (χ1) is 16.9. The molecule has 0 aliphatic rings. The van der Waals surface area contributed by atoms with E-state index in [1.165, 1.54) is 26.0 Å². The standard InChI is InChI=1S/C27H27F3O6/c1-18(17-34-21-10-14-24(15-11-21)36-26(2,3)25(31)32)16-33-20-8-12-23(13-9-20)35-22-6-4-19(5-7-22)27(28,29)30/h4-15,18H,16-17H2,1-3H3,(H,31,32). The van der Waals surface area contributed by atoms with Gasteiger partial charge in [-0.3, -0.25) is 0 Å². The Morgan fingerprint density at radius 2 is 1.14 bits per heavy atom. The molecule has 1 atom stereocenters. The maximum Gasteiger partial charge on any atom is 0.416 e. The lowest BCUT2D eigenvalue weighted by molar-refractivity contribution is -0.152. The van der Waals surface area contributed by atoms with Crippen LogP contribution in [0.3, 0.4) is 0 Å². The van der Waals surface area contributed by atoms with Crippen molar-refractivity contribution in [2.24, 2.45) is 5.92 Å². The zero-order chi connectivity index (χ0) is 26.3. The van der Waals surface area contributed by atoms with Crippen molar-refractivity contribution in [3.8, 4) is 28.7 Å². The summed E-state index contributed by atoms with van der Waals surface area (Å²) in [6.07, 6.45) is -4.39. The second kappa shape index (κ2) is 11.2. The number of carboxylic acid groups (broad SMARTS) is 1. The van der Waals surface area contributed by atoms with Crippen molar-refractivity contribution in [2.75, 3.05) is 13.2 Å². The van der Waals surface area contributed by atoms with Gasteiger partial charge in [-0.05, 0) is 86.6 Å². The molecule has 0 aliphatic carbocycles. The smallest absolute Gasteiger partial charge is 0.416 e. The van der Waals surface area contributed by atoms with E-state index in [2.05, 4.69) is 0 Å². The molecule has 0 aliphatic heterocycles. The molecule has 0 amide bonds. The lowest BCUT2D eigenvalue weighted by atomic mass is 10.1. The Labute approximate surface area is 207 Å². The largest absolute Gasteiger partial charge is 0.493 e. The summed E-state index contributed by atoms with van der Waals surface area (Å²) in [5.74, 6) is 1.44. The summed E-state index contributed by atoms with van der Waals surface area (Å²) in [5, 5.41) is 9.14. The summed E-state index contributed by atoms with van der Waals surface area (Å²) in [7, 11) is 0. The molecule has 6 nitrogen and oxygen atoms in total. The lowest BCUT2D eigenvalue weighted by Gasteiger charge is -2.21. The number of carboxylic acids is 1. The highest BCUT2D eigenvalue weighted by atomic mass is 19.4. The molecule has 9 heteroatoms. The van der Waals surface area contributed by atoms with E-state index in [4.69, 9.17) is 24.1 Å². The number of rotatable bonds is 11. The van der Waals surface area contributed by atoms with Crippen LogP contribution in [0.1, 0.15) is 26.3 Å². The topological polar surface area (TPSA) is 74.2 Å². The van der Waals surface area contributed by atoms with Crippen LogP contribution in [0.5, 0.6) is 28.7 Å². The average Bonchev–Trinajstić information content (AvgIpc) is 2.82. The SMILES string of the molecule is CC(COc1ccc(Oc2ccc(C(F)(F)F)cc2)cc1)COc1ccc(OC(C)(C)C(=O)O)cc1. The summed E-state index contributed by atoms with van der Waals surface area (Å²) in [6.45, 7) is 5.71. The van der Waals surface area contributed by atoms with Gasteiger partial charge < -0.3 is 24.1 Å². The van der Waals surface area contributed by atoms with E-state index < -0.39 is 23.3 Å². The molecule has 0 bridgehead atoms. The van der Waals surface area contributed by atoms with Gasteiger partial charge in [0.15, 0.2) is 5.60 Å². The van der Waals surface area contributed by atoms with Crippen LogP contribution in [-0.4, -0.2) is 29.9 Å². The molecule has 3 rings (SSSR count). The summed E-state index contributed by atoms with van der Waals surface area (Å²) < 4.78 is 60.6. The van der Waals surface area contributed by atoms with Gasteiger partial charge in [0, 0.05) is 5.92 Å². The van der Waals surface area contributed by atoms with Gasteiger partial charge in [0.05, 0.1) is 18.8 Å². The van der Waals surface area contributed by atoms with E-state index in [1.54, 1.807) is 48.5 Å². The highest BCUT2D eigenvalue weighted by molar-refractivity contribution is 5.76. The van der Waals surface area contributed by atoms with Gasteiger partial charge in [-0.25, -0.2) is 4.79 Å². The number of halogens is 3. The van der Waals surface area contributed by atoms with E-state index in [1.807, 2.05) is 6.92 Å². The van der Waals surface area contributed by atoms with Crippen LogP contribution in [0.2, 0.25) is 0 Å². The fourth-order valence-corrected chi connectivity index (χ4v) is 2.92. The molecular weight excluding hydrogens is 477 g/mol. The minimum Gasteiger partial charge on any atom is -0.493 e. The van der Waals surface area contributed by atoms with Crippen LogP contribution in [0.15, 0.2) is 72.8 Å². The molecule has 1 unspecified atom stereocenters. The minimum absolute atomic E-state index is 0.0648. The zero-order valence-electron chi connectivity index (χ0n) is 20.0. The Balaban J connectivity index is 1.42. The van der Waals surface area contributed by atoms with E-state index in [-0.39, 0.29) is 5.92 Å². The Bertz CT molecular complexity index is 1120. The van der Waals surface area contributed by atoms with Gasteiger partial charge >= 0.3 is 12.1 Å². The van der Waals surface area contributed by atoms with Crippen molar-refractivity contribution in [1.29, 1.82) is 0 Å². The molecule has 0 aromatic heterocycles. The van der Waals surface area contributed by atoms with Crippen LogP contribution in [-0.2, 0) is 11.0 Å².